The first-order valence-corrected chi connectivity index (χ1v) is 6.81. The molecule has 0 aliphatic heterocycles. The van der Waals surface area contributed by atoms with Crippen molar-refractivity contribution in [3.8, 4) is 0 Å². The summed E-state index contributed by atoms with van der Waals surface area (Å²) in [6.45, 7) is 2.19. The molecule has 0 amide bonds. The monoisotopic (exact) mass is 264 g/mol. The third-order valence-corrected chi connectivity index (χ3v) is 3.32. The molecule has 2 rings (SSSR count). The van der Waals surface area contributed by atoms with E-state index in [1.54, 1.807) is 7.05 Å². The van der Waals surface area contributed by atoms with E-state index >= 15 is 0 Å². The Morgan fingerprint density at radius 1 is 1.11 bits per heavy atom. The number of nitrogens with zero attached hydrogens (tertiary/aromatic N) is 2. The Kier molecular flexibility index (Phi) is 4.19. The van der Waals surface area contributed by atoms with Gasteiger partial charge in [0, 0.05) is 13.5 Å². The molecule has 0 bridgehead atoms. The van der Waals surface area contributed by atoms with Gasteiger partial charge in [-0.15, -0.1) is 0 Å². The smallest absolute Gasteiger partial charge is 0.329 e. The molecule has 2 heterocycles. The summed E-state index contributed by atoms with van der Waals surface area (Å²) in [5.41, 5.74) is -0.0238. The van der Waals surface area contributed by atoms with E-state index in [0.717, 1.165) is 18.7 Å². The molecule has 0 radical (unpaired) electrons. The average Bonchev–Trinajstić information content (AvgIpc) is 2.81. The summed E-state index contributed by atoms with van der Waals surface area (Å²) in [7, 11) is 1.60. The minimum Gasteiger partial charge on any atom is -0.336 e. The van der Waals surface area contributed by atoms with Gasteiger partial charge in [0.25, 0.3) is 5.56 Å². The van der Waals surface area contributed by atoms with Crippen molar-refractivity contribution in [1.29, 1.82) is 0 Å². The van der Waals surface area contributed by atoms with E-state index in [4.69, 9.17) is 0 Å². The molecule has 0 fully saturated rings. The van der Waals surface area contributed by atoms with Crippen LogP contribution in [0.2, 0.25) is 0 Å². The molecule has 0 aliphatic carbocycles. The van der Waals surface area contributed by atoms with Crippen LogP contribution in [0.5, 0.6) is 0 Å². The topological polar surface area (TPSA) is 83.5 Å². The zero-order chi connectivity index (χ0) is 13.8. The highest BCUT2D eigenvalue weighted by atomic mass is 16.2. The van der Waals surface area contributed by atoms with Gasteiger partial charge in [-0.3, -0.25) is 14.3 Å². The van der Waals surface area contributed by atoms with E-state index in [1.807, 2.05) is 0 Å². The Morgan fingerprint density at radius 2 is 1.84 bits per heavy atom. The van der Waals surface area contributed by atoms with Crippen molar-refractivity contribution < 1.29 is 0 Å². The molecule has 2 aromatic heterocycles. The second-order valence-electron chi connectivity index (χ2n) is 4.86. The van der Waals surface area contributed by atoms with Gasteiger partial charge >= 0.3 is 5.69 Å². The molecule has 0 aliphatic rings. The number of aromatic nitrogens is 4. The van der Waals surface area contributed by atoms with E-state index in [-0.39, 0.29) is 0 Å². The van der Waals surface area contributed by atoms with Gasteiger partial charge in [-0.25, -0.2) is 9.78 Å². The molecule has 0 aromatic carbocycles. The molecule has 2 aromatic rings. The first-order valence-electron chi connectivity index (χ1n) is 6.81. The summed E-state index contributed by atoms with van der Waals surface area (Å²) in [4.78, 5) is 32.7. The van der Waals surface area contributed by atoms with E-state index in [2.05, 4.69) is 21.9 Å². The predicted octanol–water partition coefficient (Wildman–Crippen LogP) is 1.46. The van der Waals surface area contributed by atoms with E-state index in [0.29, 0.717) is 11.2 Å². The Morgan fingerprint density at radius 3 is 2.58 bits per heavy atom. The van der Waals surface area contributed by atoms with Crippen molar-refractivity contribution in [2.75, 3.05) is 0 Å². The first kappa shape index (κ1) is 13.6. The summed E-state index contributed by atoms with van der Waals surface area (Å²) < 4.78 is 1.35. The normalized spacial score (nSPS) is 11.3. The molecule has 0 saturated carbocycles. The number of hydrogen-bond donors (Lipinski definition) is 2. The number of rotatable bonds is 6. The van der Waals surface area contributed by atoms with Crippen LogP contribution in [0.25, 0.3) is 11.2 Å². The lowest BCUT2D eigenvalue weighted by Gasteiger charge is -1.97. The van der Waals surface area contributed by atoms with Gasteiger partial charge in [-0.1, -0.05) is 32.6 Å². The molecule has 2 N–H and O–H groups in total. The third-order valence-electron chi connectivity index (χ3n) is 3.32. The third kappa shape index (κ3) is 2.94. The predicted molar refractivity (Wildman–Crippen MR) is 74.4 cm³/mol. The number of nitrogens with one attached hydrogen (secondary N) is 2. The summed E-state index contributed by atoms with van der Waals surface area (Å²) in [6.07, 6.45) is 6.74. The Hall–Kier alpha value is -1.85. The molecular formula is C13H20N4O2. The van der Waals surface area contributed by atoms with Crippen LogP contribution in [0.4, 0.5) is 0 Å². The number of aromatic amines is 2. The lowest BCUT2D eigenvalue weighted by atomic mass is 10.1. The zero-order valence-electron chi connectivity index (χ0n) is 11.5. The molecular weight excluding hydrogens is 244 g/mol. The number of H-pyrrole nitrogens is 2. The SMILES string of the molecule is CCCCCCCc1nc2c([nH]1)c(=O)[nH]c(=O)n2C. The van der Waals surface area contributed by atoms with Gasteiger partial charge in [-0.2, -0.15) is 0 Å². The minimum absolute atomic E-state index is 0.380. The largest absolute Gasteiger partial charge is 0.336 e. The molecule has 104 valence electrons. The first-order chi connectivity index (χ1) is 9.13. The maximum atomic E-state index is 11.6. The molecule has 0 spiro atoms. The van der Waals surface area contributed by atoms with Gasteiger partial charge < -0.3 is 4.98 Å². The van der Waals surface area contributed by atoms with Crippen molar-refractivity contribution in [3.63, 3.8) is 0 Å². The highest BCUT2D eigenvalue weighted by Crippen LogP contribution is 2.09. The number of unbranched alkanes of at least 4 members (excludes halogenated alkanes) is 4. The Bertz CT molecular complexity index is 665. The number of aryl methyl sites for hydroxylation is 2. The van der Waals surface area contributed by atoms with Crippen LogP contribution in [0, 0.1) is 0 Å². The Balaban J connectivity index is 2.14. The van der Waals surface area contributed by atoms with Gasteiger partial charge in [0.15, 0.2) is 5.65 Å². The van der Waals surface area contributed by atoms with Gasteiger partial charge in [0.1, 0.15) is 11.3 Å². The standard InChI is InChI=1S/C13H20N4O2/c1-3-4-5-6-7-8-9-14-10-11(15-9)17(2)13(19)16-12(10)18/h3-8H2,1-2H3,(H,14,15)(H,16,18,19). The highest BCUT2D eigenvalue weighted by molar-refractivity contribution is 5.69. The van der Waals surface area contributed by atoms with Crippen molar-refractivity contribution in [2.45, 2.75) is 45.4 Å². The summed E-state index contributed by atoms with van der Waals surface area (Å²) in [5.74, 6) is 0.776. The fourth-order valence-electron chi connectivity index (χ4n) is 2.17. The maximum absolute atomic E-state index is 11.6. The molecule has 19 heavy (non-hydrogen) atoms. The second-order valence-corrected chi connectivity index (χ2v) is 4.86. The molecule has 0 atom stereocenters. The van der Waals surface area contributed by atoms with E-state index in [1.165, 1.54) is 30.3 Å². The number of hydrogen-bond acceptors (Lipinski definition) is 3. The molecule has 6 heteroatoms. The van der Waals surface area contributed by atoms with Crippen LogP contribution < -0.4 is 11.2 Å². The van der Waals surface area contributed by atoms with Crippen LogP contribution in [-0.2, 0) is 13.5 Å². The lowest BCUT2D eigenvalue weighted by Crippen LogP contribution is -2.28. The van der Waals surface area contributed by atoms with E-state index < -0.39 is 11.2 Å². The van der Waals surface area contributed by atoms with Gasteiger partial charge in [-0.05, 0) is 6.42 Å². The van der Waals surface area contributed by atoms with Crippen LogP contribution in [0.1, 0.15) is 44.9 Å². The summed E-state index contributed by atoms with van der Waals surface area (Å²) in [6, 6.07) is 0. The zero-order valence-corrected chi connectivity index (χ0v) is 11.5. The average molecular weight is 264 g/mol. The van der Waals surface area contributed by atoms with Crippen LogP contribution in [-0.4, -0.2) is 19.5 Å². The van der Waals surface area contributed by atoms with Crippen LogP contribution >= 0.6 is 0 Å². The van der Waals surface area contributed by atoms with Crippen molar-refractivity contribution >= 4 is 11.2 Å². The summed E-state index contributed by atoms with van der Waals surface area (Å²) >= 11 is 0. The maximum Gasteiger partial charge on any atom is 0.329 e. The second kappa shape index (κ2) is 5.86. The quantitative estimate of drug-likeness (QED) is 0.775. The van der Waals surface area contributed by atoms with Crippen LogP contribution in [0.3, 0.4) is 0 Å². The highest BCUT2D eigenvalue weighted by Gasteiger charge is 2.10. The van der Waals surface area contributed by atoms with Gasteiger partial charge in [0.05, 0.1) is 0 Å². The number of imidazole rings is 1. The lowest BCUT2D eigenvalue weighted by molar-refractivity contribution is 0.625. The fraction of sp³-hybridized carbons (Fsp3) is 0.615. The van der Waals surface area contributed by atoms with Crippen LogP contribution in [0.15, 0.2) is 9.59 Å². The molecule has 0 saturated heterocycles. The number of fused-ring (bicyclic) bond motifs is 1. The van der Waals surface area contributed by atoms with Crippen molar-refractivity contribution in [2.24, 2.45) is 7.05 Å². The van der Waals surface area contributed by atoms with Crippen molar-refractivity contribution in [3.05, 3.63) is 26.7 Å². The van der Waals surface area contributed by atoms with E-state index in [9.17, 15) is 9.59 Å². The van der Waals surface area contributed by atoms with Crippen molar-refractivity contribution in [1.82, 2.24) is 19.5 Å². The molecule has 6 nitrogen and oxygen atoms in total. The Labute approximate surface area is 110 Å². The fourth-order valence-corrected chi connectivity index (χ4v) is 2.17. The summed E-state index contributed by atoms with van der Waals surface area (Å²) in [5, 5.41) is 0. The van der Waals surface area contributed by atoms with Gasteiger partial charge in [0.2, 0.25) is 0 Å². The minimum atomic E-state index is -0.432. The molecule has 0 unspecified atom stereocenters.